The third kappa shape index (κ3) is 2.78. The predicted molar refractivity (Wildman–Crippen MR) is 121 cm³/mol. The van der Waals surface area contributed by atoms with Crippen molar-refractivity contribution in [2.45, 2.75) is 59.3 Å². The van der Waals surface area contributed by atoms with Crippen LogP contribution in [0.3, 0.4) is 0 Å². The average molecular weight is 421 g/mol. The van der Waals surface area contributed by atoms with Gasteiger partial charge in [-0.1, -0.05) is 97.3 Å². The molecule has 0 aromatic heterocycles. The Bertz CT molecular complexity index is 972. The van der Waals surface area contributed by atoms with Gasteiger partial charge in [-0.15, -0.1) is 0 Å². The highest BCUT2D eigenvalue weighted by molar-refractivity contribution is 9.10. The van der Waals surface area contributed by atoms with Crippen LogP contribution in [0, 0.1) is 5.41 Å². The average Bonchev–Trinajstić information content (AvgIpc) is 3.11. The molecule has 27 heavy (non-hydrogen) atoms. The van der Waals surface area contributed by atoms with Crippen LogP contribution in [0.5, 0.6) is 0 Å². The molecule has 0 aliphatic heterocycles. The molecule has 2 aromatic rings. The van der Waals surface area contributed by atoms with E-state index in [4.69, 9.17) is 0 Å². The van der Waals surface area contributed by atoms with E-state index < -0.39 is 0 Å². The van der Waals surface area contributed by atoms with E-state index in [9.17, 15) is 0 Å². The fourth-order valence-corrected chi connectivity index (χ4v) is 6.23. The first-order valence-corrected chi connectivity index (χ1v) is 10.8. The van der Waals surface area contributed by atoms with Gasteiger partial charge in [-0.3, -0.25) is 0 Å². The van der Waals surface area contributed by atoms with E-state index in [-0.39, 0.29) is 5.41 Å². The molecule has 0 saturated carbocycles. The second kappa shape index (κ2) is 6.48. The van der Waals surface area contributed by atoms with Gasteiger partial charge >= 0.3 is 0 Å². The molecular formula is C26H29Br. The first kappa shape index (κ1) is 18.7. The zero-order chi connectivity index (χ0) is 19.5. The molecule has 0 spiro atoms. The molecule has 0 N–H and O–H groups in total. The third-order valence-electron chi connectivity index (χ3n) is 6.65. The second-order valence-electron chi connectivity index (χ2n) is 9.21. The van der Waals surface area contributed by atoms with Gasteiger partial charge in [0.05, 0.1) is 0 Å². The van der Waals surface area contributed by atoms with E-state index in [0.29, 0.717) is 17.8 Å². The maximum absolute atomic E-state index is 3.76. The van der Waals surface area contributed by atoms with Crippen LogP contribution in [0.2, 0.25) is 0 Å². The highest BCUT2D eigenvalue weighted by atomic mass is 79.9. The minimum absolute atomic E-state index is 0.105. The van der Waals surface area contributed by atoms with Crippen molar-refractivity contribution < 1.29 is 0 Å². The lowest BCUT2D eigenvalue weighted by molar-refractivity contribution is 0.275. The fourth-order valence-electron chi connectivity index (χ4n) is 5.74. The molecule has 4 rings (SSSR count). The van der Waals surface area contributed by atoms with Crippen LogP contribution in [-0.2, 0) is 0 Å². The lowest BCUT2D eigenvalue weighted by Gasteiger charge is -2.41. The van der Waals surface area contributed by atoms with Crippen molar-refractivity contribution >= 4 is 28.1 Å². The van der Waals surface area contributed by atoms with Crippen LogP contribution in [-0.4, -0.2) is 0 Å². The predicted octanol–water partition coefficient (Wildman–Crippen LogP) is 8.30. The molecule has 0 saturated heterocycles. The minimum atomic E-state index is 0.105. The number of hydrogen-bond acceptors (Lipinski definition) is 0. The van der Waals surface area contributed by atoms with Crippen molar-refractivity contribution in [1.29, 1.82) is 0 Å². The monoisotopic (exact) mass is 420 g/mol. The Morgan fingerprint density at radius 2 is 1.33 bits per heavy atom. The maximum atomic E-state index is 3.76. The summed E-state index contributed by atoms with van der Waals surface area (Å²) in [7, 11) is 0. The van der Waals surface area contributed by atoms with Crippen molar-refractivity contribution in [3.05, 3.63) is 79.8 Å². The summed E-state index contributed by atoms with van der Waals surface area (Å²) in [6.07, 6.45) is 4.83. The van der Waals surface area contributed by atoms with Crippen molar-refractivity contribution in [3.63, 3.8) is 0 Å². The van der Waals surface area contributed by atoms with Crippen molar-refractivity contribution in [2.24, 2.45) is 5.41 Å². The summed E-state index contributed by atoms with van der Waals surface area (Å²) in [6.45, 7) is 14.2. The molecule has 2 aromatic carbocycles. The van der Waals surface area contributed by atoms with Gasteiger partial charge in [-0.25, -0.2) is 0 Å². The molecule has 2 unspecified atom stereocenters. The van der Waals surface area contributed by atoms with Gasteiger partial charge < -0.3 is 0 Å². The summed E-state index contributed by atoms with van der Waals surface area (Å²) in [4.78, 5) is 0. The quantitative estimate of drug-likeness (QED) is 0.468. The molecular weight excluding hydrogens is 392 g/mol. The zero-order valence-corrected chi connectivity index (χ0v) is 18.8. The molecule has 0 bridgehead atoms. The maximum Gasteiger partial charge on any atom is 0.0250 e. The number of fused-ring (bicyclic) bond motifs is 2. The standard InChI is InChI=1S/C26H29Br/c1-15(2)18-9-7-10-19-21(18)13-16(3)24(19)26(5,6)25-17(4)14-22-20(25)11-8-12-23(22)27/h7-15,24-25H,1-6H3. The molecule has 0 fully saturated rings. The largest absolute Gasteiger partial charge is 0.0646 e. The van der Waals surface area contributed by atoms with Crippen LogP contribution >= 0.6 is 15.9 Å². The number of halogens is 1. The van der Waals surface area contributed by atoms with E-state index in [0.717, 1.165) is 0 Å². The van der Waals surface area contributed by atoms with Gasteiger partial charge in [-0.2, -0.15) is 0 Å². The first-order valence-electron chi connectivity index (χ1n) is 10.0. The Hall–Kier alpha value is -1.60. The number of allylic oxidation sites excluding steroid dienone is 2. The topological polar surface area (TPSA) is 0 Å². The van der Waals surface area contributed by atoms with E-state index in [2.05, 4.69) is 106 Å². The summed E-state index contributed by atoms with van der Waals surface area (Å²) in [6, 6.07) is 13.6. The molecule has 140 valence electrons. The van der Waals surface area contributed by atoms with Crippen LogP contribution in [0.1, 0.15) is 87.1 Å². The van der Waals surface area contributed by atoms with Crippen molar-refractivity contribution in [1.82, 2.24) is 0 Å². The first-order chi connectivity index (χ1) is 12.7. The molecule has 2 aliphatic carbocycles. The zero-order valence-electron chi connectivity index (χ0n) is 17.2. The van der Waals surface area contributed by atoms with Gasteiger partial charge in [0.2, 0.25) is 0 Å². The molecule has 0 amide bonds. The van der Waals surface area contributed by atoms with E-state index >= 15 is 0 Å². The number of benzene rings is 2. The molecule has 0 heterocycles. The van der Waals surface area contributed by atoms with Crippen LogP contribution in [0.4, 0.5) is 0 Å². The summed E-state index contributed by atoms with van der Waals surface area (Å²) >= 11 is 3.76. The van der Waals surface area contributed by atoms with Crippen molar-refractivity contribution in [3.8, 4) is 0 Å². The van der Waals surface area contributed by atoms with Crippen LogP contribution < -0.4 is 0 Å². The van der Waals surface area contributed by atoms with Gasteiger partial charge in [0.15, 0.2) is 0 Å². The van der Waals surface area contributed by atoms with Gasteiger partial charge in [-0.05, 0) is 59.1 Å². The normalized spacial score (nSPS) is 21.2. The summed E-state index contributed by atoms with van der Waals surface area (Å²) in [5.74, 6) is 1.44. The molecule has 2 atom stereocenters. The second-order valence-corrected chi connectivity index (χ2v) is 10.1. The number of rotatable bonds is 3. The Balaban J connectivity index is 1.85. The van der Waals surface area contributed by atoms with Crippen molar-refractivity contribution in [2.75, 3.05) is 0 Å². The molecule has 1 heteroatoms. The van der Waals surface area contributed by atoms with E-state index in [1.807, 2.05) is 0 Å². The molecule has 0 nitrogen and oxygen atoms in total. The van der Waals surface area contributed by atoms with E-state index in [1.54, 1.807) is 0 Å². The van der Waals surface area contributed by atoms with Gasteiger partial charge in [0.1, 0.15) is 0 Å². The SMILES string of the molecule is CC1=Cc2c(Br)cccc2C1C(C)(C)C1C(C)=Cc2c(C(C)C)cccc21. The number of hydrogen-bond donors (Lipinski definition) is 0. The highest BCUT2D eigenvalue weighted by Crippen LogP contribution is 2.59. The Morgan fingerprint density at radius 1 is 0.815 bits per heavy atom. The minimum Gasteiger partial charge on any atom is -0.0646 e. The Labute approximate surface area is 172 Å². The van der Waals surface area contributed by atoms with Crippen LogP contribution in [0.25, 0.3) is 12.2 Å². The fraction of sp³-hybridized carbons (Fsp3) is 0.385. The highest BCUT2D eigenvalue weighted by Gasteiger charge is 2.45. The molecule has 0 radical (unpaired) electrons. The van der Waals surface area contributed by atoms with Crippen LogP contribution in [0.15, 0.2) is 52.0 Å². The lowest BCUT2D eigenvalue weighted by Crippen LogP contribution is -2.29. The Morgan fingerprint density at radius 3 is 1.93 bits per heavy atom. The molecule has 2 aliphatic rings. The third-order valence-corrected chi connectivity index (χ3v) is 7.34. The van der Waals surface area contributed by atoms with Gasteiger partial charge in [0.25, 0.3) is 0 Å². The van der Waals surface area contributed by atoms with Gasteiger partial charge in [0, 0.05) is 16.3 Å². The summed E-state index contributed by atoms with van der Waals surface area (Å²) in [5, 5.41) is 0. The van der Waals surface area contributed by atoms with E-state index in [1.165, 1.54) is 43.4 Å². The smallest absolute Gasteiger partial charge is 0.0250 e. The Kier molecular flexibility index (Phi) is 4.50. The summed E-state index contributed by atoms with van der Waals surface area (Å²) < 4.78 is 1.21. The lowest BCUT2D eigenvalue weighted by atomic mass is 9.62. The summed E-state index contributed by atoms with van der Waals surface area (Å²) in [5.41, 5.74) is 10.4.